The number of primary amides is 1. The molecule has 0 bridgehead atoms. The number of hydrogen-bond acceptors (Lipinski definition) is 3. The summed E-state index contributed by atoms with van der Waals surface area (Å²) in [6, 6.07) is 11.9. The second-order valence-corrected chi connectivity index (χ2v) is 8.20. The van der Waals surface area contributed by atoms with Gasteiger partial charge >= 0.3 is 0 Å². The van der Waals surface area contributed by atoms with E-state index >= 15 is 0 Å². The lowest BCUT2D eigenvalue weighted by Gasteiger charge is -2.28. The van der Waals surface area contributed by atoms with Crippen LogP contribution in [0.3, 0.4) is 0 Å². The van der Waals surface area contributed by atoms with E-state index in [1.807, 2.05) is 28.8 Å². The Labute approximate surface area is 179 Å². The second-order valence-electron chi connectivity index (χ2n) is 8.20. The van der Waals surface area contributed by atoms with E-state index in [9.17, 15) is 19.1 Å². The van der Waals surface area contributed by atoms with Crippen molar-refractivity contribution < 1.29 is 19.1 Å². The average molecular weight is 423 g/mol. The van der Waals surface area contributed by atoms with Gasteiger partial charge in [-0.05, 0) is 36.1 Å². The lowest BCUT2D eigenvalue weighted by atomic mass is 9.92. The molecule has 3 aromatic rings. The number of rotatable bonds is 6. The third-order valence-corrected chi connectivity index (χ3v) is 5.90. The number of carbonyl (C=O) groups excluding carboxylic acids is 2. The molecule has 1 fully saturated rings. The highest BCUT2D eigenvalue weighted by atomic mass is 19.1. The van der Waals surface area contributed by atoms with Crippen molar-refractivity contribution in [2.45, 2.75) is 50.8 Å². The molecular formula is C24H26FN3O3. The fraction of sp³-hybridized carbons (Fsp3) is 0.333. The molecule has 1 aromatic heterocycles. The van der Waals surface area contributed by atoms with E-state index in [1.54, 1.807) is 18.3 Å². The molecule has 1 aliphatic carbocycles. The molecule has 4 N–H and O–H groups in total. The lowest BCUT2D eigenvalue weighted by molar-refractivity contribution is -0.117. The summed E-state index contributed by atoms with van der Waals surface area (Å²) in [5, 5.41) is 13.4. The molecule has 0 unspecified atom stereocenters. The van der Waals surface area contributed by atoms with Gasteiger partial charge in [-0.2, -0.15) is 0 Å². The Balaban J connectivity index is 1.62. The first-order valence-electron chi connectivity index (χ1n) is 10.5. The van der Waals surface area contributed by atoms with E-state index in [2.05, 4.69) is 5.32 Å². The van der Waals surface area contributed by atoms with Crippen LogP contribution in [-0.4, -0.2) is 33.6 Å². The van der Waals surface area contributed by atoms with E-state index in [-0.39, 0.29) is 29.3 Å². The van der Waals surface area contributed by atoms with Crippen molar-refractivity contribution in [3.8, 4) is 0 Å². The quantitative estimate of drug-likeness (QED) is 0.569. The highest BCUT2D eigenvalue weighted by Crippen LogP contribution is 2.26. The number of benzene rings is 2. The van der Waals surface area contributed by atoms with Crippen LogP contribution in [0.2, 0.25) is 0 Å². The summed E-state index contributed by atoms with van der Waals surface area (Å²) < 4.78 is 16.5. The molecule has 2 aromatic carbocycles. The number of aromatic nitrogens is 1. The van der Waals surface area contributed by atoms with Crippen LogP contribution < -0.4 is 11.1 Å². The van der Waals surface area contributed by atoms with Gasteiger partial charge in [-0.15, -0.1) is 0 Å². The summed E-state index contributed by atoms with van der Waals surface area (Å²) in [7, 11) is 0. The van der Waals surface area contributed by atoms with Gasteiger partial charge in [-0.25, -0.2) is 4.39 Å². The molecule has 2 amide bonds. The predicted octanol–water partition coefficient (Wildman–Crippen LogP) is 2.89. The largest absolute Gasteiger partial charge is 0.391 e. The van der Waals surface area contributed by atoms with Crippen LogP contribution in [-0.2, 0) is 17.8 Å². The van der Waals surface area contributed by atoms with Gasteiger partial charge in [0.15, 0.2) is 0 Å². The van der Waals surface area contributed by atoms with Crippen LogP contribution in [0.5, 0.6) is 0 Å². The Morgan fingerprint density at radius 3 is 2.52 bits per heavy atom. The fourth-order valence-corrected chi connectivity index (χ4v) is 4.30. The Morgan fingerprint density at radius 2 is 1.81 bits per heavy atom. The zero-order valence-electron chi connectivity index (χ0n) is 17.2. The summed E-state index contributed by atoms with van der Waals surface area (Å²) in [6.07, 6.45) is 4.53. The van der Waals surface area contributed by atoms with E-state index < -0.39 is 17.8 Å². The maximum absolute atomic E-state index is 14.7. The molecule has 6 nitrogen and oxygen atoms in total. The zero-order valence-corrected chi connectivity index (χ0v) is 17.2. The van der Waals surface area contributed by atoms with Crippen LogP contribution in [0.15, 0.2) is 48.7 Å². The van der Waals surface area contributed by atoms with Gasteiger partial charge in [0.25, 0.3) is 5.91 Å². The lowest BCUT2D eigenvalue weighted by Crippen LogP contribution is -2.45. The molecule has 0 saturated heterocycles. The Kier molecular flexibility index (Phi) is 6.04. The molecule has 1 saturated carbocycles. The number of carbonyl (C=O) groups is 2. The minimum absolute atomic E-state index is 0.176. The van der Waals surface area contributed by atoms with Crippen molar-refractivity contribution >= 4 is 22.7 Å². The average Bonchev–Trinajstić information content (AvgIpc) is 3.11. The molecule has 4 rings (SSSR count). The number of amides is 2. The SMILES string of the molecule is NC(=O)Cc1ccc(Cn2cc(C(=O)N[C@H]3CCCC[C@@H]3O)c3c(F)cccc32)cc1. The third-order valence-electron chi connectivity index (χ3n) is 5.90. The monoisotopic (exact) mass is 423 g/mol. The van der Waals surface area contributed by atoms with E-state index in [0.717, 1.165) is 24.0 Å². The van der Waals surface area contributed by atoms with Gasteiger partial charge in [0.05, 0.1) is 29.6 Å². The molecule has 7 heteroatoms. The first-order valence-corrected chi connectivity index (χ1v) is 10.5. The smallest absolute Gasteiger partial charge is 0.253 e. The van der Waals surface area contributed by atoms with Crippen molar-refractivity contribution in [1.82, 2.24) is 9.88 Å². The molecule has 0 radical (unpaired) electrons. The Bertz CT molecular complexity index is 1110. The van der Waals surface area contributed by atoms with Crippen molar-refractivity contribution in [2.24, 2.45) is 5.73 Å². The Morgan fingerprint density at radius 1 is 1.10 bits per heavy atom. The van der Waals surface area contributed by atoms with Crippen LogP contribution in [0.4, 0.5) is 4.39 Å². The summed E-state index contributed by atoms with van der Waals surface area (Å²) >= 11 is 0. The topological polar surface area (TPSA) is 97.4 Å². The number of aliphatic hydroxyl groups excluding tert-OH is 1. The van der Waals surface area contributed by atoms with Gasteiger partial charge in [0.2, 0.25) is 5.91 Å². The van der Waals surface area contributed by atoms with Gasteiger partial charge < -0.3 is 20.7 Å². The molecular weight excluding hydrogens is 397 g/mol. The number of aliphatic hydroxyl groups is 1. The van der Waals surface area contributed by atoms with Gasteiger partial charge in [0, 0.05) is 18.1 Å². The van der Waals surface area contributed by atoms with Crippen LogP contribution in [0.1, 0.15) is 47.2 Å². The van der Waals surface area contributed by atoms with Crippen LogP contribution in [0, 0.1) is 5.82 Å². The van der Waals surface area contributed by atoms with E-state index in [0.29, 0.717) is 24.9 Å². The molecule has 162 valence electrons. The molecule has 0 aliphatic heterocycles. The first-order chi connectivity index (χ1) is 14.9. The predicted molar refractivity (Wildman–Crippen MR) is 116 cm³/mol. The number of nitrogens with one attached hydrogen (secondary N) is 1. The highest BCUT2D eigenvalue weighted by molar-refractivity contribution is 6.07. The molecule has 31 heavy (non-hydrogen) atoms. The van der Waals surface area contributed by atoms with Crippen LogP contribution in [0.25, 0.3) is 10.9 Å². The maximum Gasteiger partial charge on any atom is 0.253 e. The van der Waals surface area contributed by atoms with Crippen molar-refractivity contribution in [2.75, 3.05) is 0 Å². The number of fused-ring (bicyclic) bond motifs is 1. The third kappa shape index (κ3) is 4.61. The van der Waals surface area contributed by atoms with E-state index in [1.165, 1.54) is 6.07 Å². The molecule has 1 heterocycles. The summed E-state index contributed by atoms with van der Waals surface area (Å²) in [4.78, 5) is 24.1. The van der Waals surface area contributed by atoms with Crippen molar-refractivity contribution in [1.29, 1.82) is 0 Å². The van der Waals surface area contributed by atoms with Crippen LogP contribution >= 0.6 is 0 Å². The molecule has 2 atom stereocenters. The summed E-state index contributed by atoms with van der Waals surface area (Å²) in [5.41, 5.74) is 7.89. The molecule has 1 aliphatic rings. The van der Waals surface area contributed by atoms with Gasteiger partial charge in [0.1, 0.15) is 5.82 Å². The maximum atomic E-state index is 14.7. The van der Waals surface area contributed by atoms with E-state index in [4.69, 9.17) is 5.73 Å². The van der Waals surface area contributed by atoms with Crippen molar-refractivity contribution in [3.05, 3.63) is 71.2 Å². The summed E-state index contributed by atoms with van der Waals surface area (Å²) in [6.45, 7) is 0.441. The minimum Gasteiger partial charge on any atom is -0.391 e. The highest BCUT2D eigenvalue weighted by Gasteiger charge is 2.27. The van der Waals surface area contributed by atoms with Gasteiger partial charge in [-0.1, -0.05) is 43.2 Å². The first kappa shape index (κ1) is 21.1. The zero-order chi connectivity index (χ0) is 22.0. The Hall–Kier alpha value is -3.19. The van der Waals surface area contributed by atoms with Gasteiger partial charge in [-0.3, -0.25) is 9.59 Å². The number of hydrogen-bond donors (Lipinski definition) is 3. The number of halogens is 1. The molecule has 0 spiro atoms. The second kappa shape index (κ2) is 8.89. The summed E-state index contributed by atoms with van der Waals surface area (Å²) in [5.74, 6) is -1.22. The standard InChI is InChI=1S/C24H26FN3O3/c25-18-4-3-6-20-23(18)17(24(31)27-19-5-1-2-7-21(19)29)14-28(20)13-16-10-8-15(9-11-16)12-22(26)30/h3-4,6,8-11,14,19,21,29H,1-2,5,7,12-13H2,(H2,26,30)(H,27,31)/t19-,21-/m0/s1. The minimum atomic E-state index is -0.574. The normalized spacial score (nSPS) is 18.8. The van der Waals surface area contributed by atoms with Crippen molar-refractivity contribution in [3.63, 3.8) is 0 Å². The number of nitrogens with two attached hydrogens (primary N) is 1. The number of nitrogens with zero attached hydrogens (tertiary/aromatic N) is 1. The fourth-order valence-electron chi connectivity index (χ4n) is 4.30.